The van der Waals surface area contributed by atoms with E-state index in [4.69, 9.17) is 16.3 Å². The van der Waals surface area contributed by atoms with Crippen LogP contribution in [0.1, 0.15) is 24.0 Å². The summed E-state index contributed by atoms with van der Waals surface area (Å²) in [4.78, 5) is 40.2. The SMILES string of the molecule is O=C(CN1C(=O)S/C(=C\c2ccc(OCc3ccc(Cl)cc3)cc2)C1=O)N1CCCC1. The number of hydrogen-bond donors (Lipinski definition) is 0. The molecule has 0 unspecified atom stereocenters. The summed E-state index contributed by atoms with van der Waals surface area (Å²) in [6, 6.07) is 14.7. The van der Waals surface area contributed by atoms with Gasteiger partial charge in [-0.15, -0.1) is 0 Å². The Morgan fingerprint density at radius 2 is 1.71 bits per heavy atom. The first-order chi connectivity index (χ1) is 15.0. The molecule has 0 N–H and O–H groups in total. The Kier molecular flexibility index (Phi) is 6.63. The van der Waals surface area contributed by atoms with Gasteiger partial charge in [0.15, 0.2) is 0 Å². The van der Waals surface area contributed by atoms with Gasteiger partial charge in [-0.05, 0) is 66.1 Å². The normalized spacial score (nSPS) is 17.6. The van der Waals surface area contributed by atoms with Crippen LogP contribution in [0.15, 0.2) is 53.4 Å². The third-order valence-corrected chi connectivity index (χ3v) is 6.28. The van der Waals surface area contributed by atoms with Crippen molar-refractivity contribution in [2.45, 2.75) is 19.4 Å². The van der Waals surface area contributed by atoms with E-state index in [2.05, 4.69) is 0 Å². The molecule has 2 saturated heterocycles. The number of thioether (sulfide) groups is 1. The molecule has 8 heteroatoms. The number of imide groups is 1. The summed E-state index contributed by atoms with van der Waals surface area (Å²) in [5.41, 5.74) is 1.78. The first-order valence-electron chi connectivity index (χ1n) is 10.00. The standard InChI is InChI=1S/C23H21ClN2O4S/c24-18-7-3-17(4-8-18)15-30-19-9-5-16(6-10-19)13-20-22(28)26(23(29)31-20)14-21(27)25-11-1-2-12-25/h3-10,13H,1-2,11-12,14-15H2/b20-13-. The Hall–Kier alpha value is -2.77. The third kappa shape index (κ3) is 5.29. The monoisotopic (exact) mass is 456 g/mol. The van der Waals surface area contributed by atoms with Crippen LogP contribution in [0.5, 0.6) is 5.75 Å². The lowest BCUT2D eigenvalue weighted by Gasteiger charge is -2.18. The fourth-order valence-electron chi connectivity index (χ4n) is 3.40. The number of ether oxygens (including phenoxy) is 1. The molecule has 2 aliphatic rings. The molecule has 2 heterocycles. The molecule has 0 spiro atoms. The summed E-state index contributed by atoms with van der Waals surface area (Å²) in [6.07, 6.45) is 3.59. The van der Waals surface area contributed by atoms with Crippen LogP contribution < -0.4 is 4.74 Å². The highest BCUT2D eigenvalue weighted by Gasteiger charge is 2.37. The van der Waals surface area contributed by atoms with Crippen molar-refractivity contribution in [1.82, 2.24) is 9.80 Å². The zero-order valence-corrected chi connectivity index (χ0v) is 18.3. The molecule has 0 bridgehead atoms. The van der Waals surface area contributed by atoms with E-state index < -0.39 is 11.1 Å². The maximum atomic E-state index is 12.6. The molecule has 0 atom stereocenters. The van der Waals surface area contributed by atoms with Gasteiger partial charge in [0.2, 0.25) is 5.91 Å². The lowest BCUT2D eigenvalue weighted by Crippen LogP contribution is -2.40. The number of nitrogens with zero attached hydrogens (tertiary/aromatic N) is 2. The van der Waals surface area contributed by atoms with E-state index in [0.717, 1.165) is 40.6 Å². The van der Waals surface area contributed by atoms with Crippen molar-refractivity contribution >= 4 is 46.5 Å². The van der Waals surface area contributed by atoms with Crippen LogP contribution in [-0.2, 0) is 16.2 Å². The Morgan fingerprint density at radius 3 is 2.39 bits per heavy atom. The maximum Gasteiger partial charge on any atom is 0.294 e. The summed E-state index contributed by atoms with van der Waals surface area (Å²) in [5, 5.41) is 0.268. The van der Waals surface area contributed by atoms with Crippen molar-refractivity contribution in [1.29, 1.82) is 0 Å². The number of carbonyl (C=O) groups excluding carboxylic acids is 3. The Labute approximate surface area is 189 Å². The van der Waals surface area contributed by atoms with Gasteiger partial charge in [-0.2, -0.15) is 0 Å². The van der Waals surface area contributed by atoms with Gasteiger partial charge in [-0.1, -0.05) is 35.9 Å². The molecule has 2 aromatic carbocycles. The zero-order chi connectivity index (χ0) is 21.8. The molecule has 4 rings (SSSR count). The molecule has 0 radical (unpaired) electrons. The first kappa shape index (κ1) is 21.5. The van der Waals surface area contributed by atoms with Gasteiger partial charge in [-0.3, -0.25) is 19.3 Å². The molecule has 0 aromatic heterocycles. The fraction of sp³-hybridized carbons (Fsp3) is 0.261. The van der Waals surface area contributed by atoms with Crippen LogP contribution in [0, 0.1) is 0 Å². The van der Waals surface area contributed by atoms with E-state index in [1.165, 1.54) is 0 Å². The lowest BCUT2D eigenvalue weighted by atomic mass is 10.2. The molecule has 0 aliphatic carbocycles. The number of carbonyl (C=O) groups is 3. The number of likely N-dealkylation sites (tertiary alicyclic amines) is 1. The molecule has 31 heavy (non-hydrogen) atoms. The van der Waals surface area contributed by atoms with Gasteiger partial charge in [-0.25, -0.2) is 0 Å². The summed E-state index contributed by atoms with van der Waals surface area (Å²) in [6.45, 7) is 1.61. The van der Waals surface area contributed by atoms with Crippen molar-refractivity contribution in [3.63, 3.8) is 0 Å². The Balaban J connectivity index is 1.36. The molecule has 0 saturated carbocycles. The number of amides is 3. The van der Waals surface area contributed by atoms with Gasteiger partial charge in [0.1, 0.15) is 18.9 Å². The zero-order valence-electron chi connectivity index (χ0n) is 16.8. The molecule has 160 valence electrons. The minimum Gasteiger partial charge on any atom is -0.489 e. The van der Waals surface area contributed by atoms with Gasteiger partial charge in [0, 0.05) is 18.1 Å². The number of hydrogen-bond acceptors (Lipinski definition) is 5. The highest BCUT2D eigenvalue weighted by atomic mass is 35.5. The van der Waals surface area contributed by atoms with E-state index in [1.54, 1.807) is 11.0 Å². The molecular weight excluding hydrogens is 436 g/mol. The number of rotatable bonds is 6. The molecule has 2 aliphatic heterocycles. The summed E-state index contributed by atoms with van der Waals surface area (Å²) < 4.78 is 5.76. The van der Waals surface area contributed by atoms with Gasteiger partial charge >= 0.3 is 0 Å². The minimum absolute atomic E-state index is 0.178. The van der Waals surface area contributed by atoms with Crippen molar-refractivity contribution in [2.24, 2.45) is 0 Å². The van der Waals surface area contributed by atoms with Gasteiger partial charge in [0.05, 0.1) is 4.91 Å². The second kappa shape index (κ2) is 9.58. The Bertz CT molecular complexity index is 1010. The van der Waals surface area contributed by atoms with Crippen LogP contribution in [-0.4, -0.2) is 46.5 Å². The van der Waals surface area contributed by atoms with Gasteiger partial charge < -0.3 is 9.64 Å². The molecule has 2 aromatic rings. The predicted molar refractivity (Wildman–Crippen MR) is 121 cm³/mol. The summed E-state index contributed by atoms with van der Waals surface area (Å²) in [5.74, 6) is 0.0882. The average Bonchev–Trinajstić information content (AvgIpc) is 3.39. The summed E-state index contributed by atoms with van der Waals surface area (Å²) in [7, 11) is 0. The second-order valence-electron chi connectivity index (χ2n) is 7.34. The maximum absolute atomic E-state index is 12.6. The van der Waals surface area contributed by atoms with E-state index in [1.807, 2.05) is 48.5 Å². The lowest BCUT2D eigenvalue weighted by molar-refractivity contribution is -0.135. The van der Waals surface area contributed by atoms with Crippen molar-refractivity contribution in [3.8, 4) is 5.75 Å². The van der Waals surface area contributed by atoms with Crippen molar-refractivity contribution < 1.29 is 19.1 Å². The highest BCUT2D eigenvalue weighted by Crippen LogP contribution is 2.32. The van der Waals surface area contributed by atoms with Crippen LogP contribution in [0.2, 0.25) is 5.02 Å². The Morgan fingerprint density at radius 1 is 1.03 bits per heavy atom. The van der Waals surface area contributed by atoms with Crippen LogP contribution >= 0.6 is 23.4 Å². The predicted octanol–water partition coefficient (Wildman–Crippen LogP) is 4.58. The van der Waals surface area contributed by atoms with Crippen LogP contribution in [0.4, 0.5) is 4.79 Å². The van der Waals surface area contributed by atoms with E-state index in [-0.39, 0.29) is 12.5 Å². The first-order valence-corrected chi connectivity index (χ1v) is 11.2. The average molecular weight is 457 g/mol. The summed E-state index contributed by atoms with van der Waals surface area (Å²) >= 11 is 6.74. The third-order valence-electron chi connectivity index (χ3n) is 5.12. The van der Waals surface area contributed by atoms with Crippen molar-refractivity contribution in [3.05, 3.63) is 69.6 Å². The number of halogens is 1. The van der Waals surface area contributed by atoms with Crippen LogP contribution in [0.3, 0.4) is 0 Å². The van der Waals surface area contributed by atoms with Crippen LogP contribution in [0.25, 0.3) is 6.08 Å². The van der Waals surface area contributed by atoms with E-state index in [0.29, 0.717) is 35.4 Å². The smallest absolute Gasteiger partial charge is 0.294 e. The number of benzene rings is 2. The van der Waals surface area contributed by atoms with Crippen molar-refractivity contribution in [2.75, 3.05) is 19.6 Å². The second-order valence-corrected chi connectivity index (χ2v) is 8.77. The molecular formula is C23H21ClN2O4S. The van der Waals surface area contributed by atoms with E-state index >= 15 is 0 Å². The molecule has 3 amide bonds. The minimum atomic E-state index is -0.425. The quantitative estimate of drug-likeness (QED) is 0.595. The van der Waals surface area contributed by atoms with Gasteiger partial charge in [0.25, 0.3) is 11.1 Å². The topological polar surface area (TPSA) is 66.9 Å². The largest absolute Gasteiger partial charge is 0.489 e. The molecule has 6 nitrogen and oxygen atoms in total. The highest BCUT2D eigenvalue weighted by molar-refractivity contribution is 8.18. The fourth-order valence-corrected chi connectivity index (χ4v) is 4.36. The molecule has 2 fully saturated rings. The van der Waals surface area contributed by atoms with E-state index in [9.17, 15) is 14.4 Å².